The van der Waals surface area contributed by atoms with E-state index in [1.807, 2.05) is 31.7 Å². The highest BCUT2D eigenvalue weighted by Crippen LogP contribution is 2.51. The van der Waals surface area contributed by atoms with Crippen LogP contribution in [0.5, 0.6) is 11.5 Å². The Balaban J connectivity index is 1.59. The number of aromatic hydroxyl groups is 1. The van der Waals surface area contributed by atoms with Crippen molar-refractivity contribution in [2.45, 2.75) is 94.3 Å². The van der Waals surface area contributed by atoms with Gasteiger partial charge in [0, 0.05) is 67.3 Å². The number of phenolic OH excluding ortho intramolecular Hbond substituents is 1. The minimum Gasteiger partial charge on any atom is -0.507 e. The smallest absolute Gasteiger partial charge is 0.311 e. The van der Waals surface area contributed by atoms with Gasteiger partial charge in [-0.3, -0.25) is 23.0 Å². The third kappa shape index (κ3) is 20.7. The van der Waals surface area contributed by atoms with Crippen LogP contribution < -0.4 is 14.5 Å². The Morgan fingerprint density at radius 3 is 1.86 bits per heavy atom. The highest BCUT2D eigenvalue weighted by Gasteiger charge is 2.44. The fourth-order valence-electron chi connectivity index (χ4n) is 8.95. The molecule has 21 nitrogen and oxygen atoms in total. The Hall–Kier alpha value is -5.05. The van der Waals surface area contributed by atoms with E-state index >= 15 is 0 Å². The Kier molecular flexibility index (Phi) is 25.3. The Bertz CT molecular complexity index is 3200. The number of carbonyl (C=O) groups excluding carboxylic acids is 1. The van der Waals surface area contributed by atoms with Gasteiger partial charge in [-0.2, -0.15) is 42.5 Å². The third-order valence-corrected chi connectivity index (χ3v) is 16.1. The maximum atomic E-state index is 14.6. The fraction of sp³-hybridized carbons (Fsp3) is 0.519. The molecule has 1 unspecified atom stereocenters. The van der Waals surface area contributed by atoms with E-state index < -0.39 is 114 Å². The van der Waals surface area contributed by atoms with Gasteiger partial charge < -0.3 is 38.6 Å². The first-order valence-corrected chi connectivity index (χ1v) is 31.5. The van der Waals surface area contributed by atoms with Gasteiger partial charge in [0.15, 0.2) is 16.5 Å². The molecule has 0 aromatic heterocycles. The lowest BCUT2D eigenvalue weighted by Gasteiger charge is -2.30. The van der Waals surface area contributed by atoms with Crippen molar-refractivity contribution in [2.75, 3.05) is 94.3 Å². The van der Waals surface area contributed by atoms with E-state index in [0.29, 0.717) is 67.8 Å². The van der Waals surface area contributed by atoms with Crippen LogP contribution in [0.4, 0.5) is 28.9 Å². The fourth-order valence-corrected chi connectivity index (χ4v) is 11.1. The zero-order chi connectivity index (χ0) is 60.6. The number of carbonyl (C=O) groups is 1. The standard InChI is InChI=1S/C52H70F4N2O19S4/c1-51(2,3)39(38-19-17-36(34-42(38)59)57(22-13-33-79(64,65)66)24-25-74-28-29-76-31-30-75-27-26-73-5)14-8-6-9-15-43-52(4,21-12-32-78(61,62)63)40-35-37(80(67,68)69)18-20-41(40)58(43)23-11-7-10-16-44(60)77-49-45(53)47(55)50(81(70,71)72)48(56)46(49)54/h6,9,14-15,17-20,34-35,59H,7-8,10-13,16,21-33H2,1-5H3,(H,61,62,63)(H,64,65,66)(H,67,68,69)(H,70,71,72)/b9-6+,39-14+,43-15+. The van der Waals surface area contributed by atoms with Gasteiger partial charge in [0.25, 0.3) is 30.4 Å². The molecule has 29 heteroatoms. The number of halogens is 4. The number of benzene rings is 3. The number of phenols is 1. The first-order valence-electron chi connectivity index (χ1n) is 25.4. The average molecular weight is 1230 g/mol. The highest BCUT2D eigenvalue weighted by molar-refractivity contribution is 7.86. The predicted molar refractivity (Wildman–Crippen MR) is 292 cm³/mol. The van der Waals surface area contributed by atoms with E-state index in [1.165, 1.54) is 18.2 Å². The van der Waals surface area contributed by atoms with Crippen LogP contribution in [0, 0.1) is 28.7 Å². The van der Waals surface area contributed by atoms with Crippen molar-refractivity contribution >= 4 is 63.4 Å². The number of fused-ring (bicyclic) bond motifs is 1. The molecule has 0 fully saturated rings. The second-order valence-electron chi connectivity index (χ2n) is 19.9. The van der Waals surface area contributed by atoms with Crippen molar-refractivity contribution in [2.24, 2.45) is 5.41 Å². The first-order chi connectivity index (χ1) is 37.7. The highest BCUT2D eigenvalue weighted by atomic mass is 32.2. The summed E-state index contributed by atoms with van der Waals surface area (Å²) >= 11 is 0. The molecule has 454 valence electrons. The molecule has 1 heterocycles. The van der Waals surface area contributed by atoms with E-state index in [2.05, 4.69) is 4.74 Å². The number of rotatable bonds is 34. The van der Waals surface area contributed by atoms with E-state index in [4.69, 9.17) is 23.5 Å². The van der Waals surface area contributed by atoms with Crippen molar-refractivity contribution < 1.29 is 103 Å². The first kappa shape index (κ1) is 68.4. The number of ether oxygens (including phenoxy) is 5. The van der Waals surface area contributed by atoms with Gasteiger partial charge in [0.1, 0.15) is 5.75 Å². The lowest BCUT2D eigenvalue weighted by molar-refractivity contribution is -0.135. The number of unbranched alkanes of at least 4 members (excludes halogenated alkanes) is 2. The van der Waals surface area contributed by atoms with E-state index in [1.54, 1.807) is 55.4 Å². The Labute approximate surface area is 470 Å². The second kappa shape index (κ2) is 30.0. The van der Waals surface area contributed by atoms with Crippen LogP contribution in [-0.4, -0.2) is 147 Å². The molecule has 0 aliphatic carbocycles. The van der Waals surface area contributed by atoms with E-state index in [0.717, 1.165) is 5.57 Å². The SMILES string of the molecule is COCCOCCOCCOCCN(CCCS(=O)(=O)O)c1ccc(/C(=C\C/C=C/C=C2/N(CCCCCC(=O)Oc3c(F)c(F)c(S(=O)(=O)O)c(F)c3F)c3ccc(S(=O)(=O)O)cc3C2(C)CCCS(=O)(=O)O)C(C)(C)C)c(O)c1. The van der Waals surface area contributed by atoms with Crippen LogP contribution >= 0.6 is 0 Å². The average Bonchev–Trinajstić information content (AvgIpc) is 3.63. The summed E-state index contributed by atoms with van der Waals surface area (Å²) < 4.78 is 216. The molecule has 1 aliphatic heterocycles. The summed E-state index contributed by atoms with van der Waals surface area (Å²) in [5.74, 6) is -14.2. The largest absolute Gasteiger partial charge is 0.507 e. The van der Waals surface area contributed by atoms with Gasteiger partial charge in [-0.05, 0) is 98.4 Å². The molecule has 0 spiro atoms. The summed E-state index contributed by atoms with van der Waals surface area (Å²) in [6.45, 7) is 10.7. The van der Waals surface area contributed by atoms with Gasteiger partial charge >= 0.3 is 16.1 Å². The number of anilines is 2. The molecule has 0 amide bonds. The zero-order valence-corrected chi connectivity index (χ0v) is 48.7. The number of allylic oxidation sites excluding steroid dienone is 6. The van der Waals surface area contributed by atoms with Crippen LogP contribution in [0.25, 0.3) is 5.57 Å². The van der Waals surface area contributed by atoms with Crippen LogP contribution in [0.1, 0.15) is 90.2 Å². The molecular formula is C52H70F4N2O19S4. The monoisotopic (exact) mass is 1230 g/mol. The molecule has 0 bridgehead atoms. The summed E-state index contributed by atoms with van der Waals surface area (Å²) in [7, 11) is -17.6. The minimum atomic E-state index is -5.76. The molecule has 0 saturated carbocycles. The quantitative estimate of drug-likeness (QED) is 0.00941. The summed E-state index contributed by atoms with van der Waals surface area (Å²) in [6, 6.07) is 8.92. The molecule has 1 aliphatic rings. The molecule has 3 aromatic carbocycles. The molecule has 81 heavy (non-hydrogen) atoms. The molecular weight excluding hydrogens is 1160 g/mol. The topological polar surface area (TPSA) is 307 Å². The van der Waals surface area contributed by atoms with E-state index in [-0.39, 0.29) is 77.0 Å². The van der Waals surface area contributed by atoms with Gasteiger partial charge in [0.05, 0.1) is 62.6 Å². The van der Waals surface area contributed by atoms with Crippen LogP contribution in [-0.2, 0) is 69.6 Å². The number of hydrogen-bond donors (Lipinski definition) is 5. The van der Waals surface area contributed by atoms with Crippen molar-refractivity contribution in [1.29, 1.82) is 0 Å². The number of methoxy groups -OCH3 is 1. The Morgan fingerprint density at radius 1 is 0.716 bits per heavy atom. The predicted octanol–water partition coefficient (Wildman–Crippen LogP) is 8.09. The maximum Gasteiger partial charge on any atom is 0.311 e. The maximum absolute atomic E-state index is 14.6. The molecule has 3 aromatic rings. The summed E-state index contributed by atoms with van der Waals surface area (Å²) in [6.07, 6.45) is 7.27. The molecule has 0 saturated heterocycles. The second-order valence-corrected chi connectivity index (χ2v) is 25.9. The molecule has 5 N–H and O–H groups in total. The van der Waals surface area contributed by atoms with E-state index in [9.17, 15) is 74.8 Å². The Morgan fingerprint density at radius 2 is 1.31 bits per heavy atom. The summed E-state index contributed by atoms with van der Waals surface area (Å²) in [5.41, 5.74) is 1.44. The molecule has 4 rings (SSSR count). The van der Waals surface area contributed by atoms with Gasteiger partial charge in [0.2, 0.25) is 17.4 Å². The zero-order valence-electron chi connectivity index (χ0n) is 45.4. The lowest BCUT2D eigenvalue weighted by atomic mass is 9.77. The van der Waals surface area contributed by atoms with Crippen molar-refractivity contribution in [3.8, 4) is 11.5 Å². The summed E-state index contributed by atoms with van der Waals surface area (Å²) in [5, 5.41) is 11.6. The number of nitrogens with zero attached hydrogens (tertiary/aromatic N) is 2. The van der Waals surface area contributed by atoms with Crippen molar-refractivity contribution in [3.63, 3.8) is 0 Å². The van der Waals surface area contributed by atoms with Gasteiger partial charge in [-0.25, -0.2) is 8.78 Å². The van der Waals surface area contributed by atoms with Crippen molar-refractivity contribution in [3.05, 3.63) is 101 Å². The minimum absolute atomic E-state index is 0.0294. The lowest BCUT2D eigenvalue weighted by Crippen LogP contribution is -2.30. The summed E-state index contributed by atoms with van der Waals surface area (Å²) in [4.78, 5) is 13.5. The van der Waals surface area contributed by atoms with Crippen molar-refractivity contribution in [1.82, 2.24) is 0 Å². The number of esters is 1. The number of hydrogen-bond acceptors (Lipinski definition) is 17. The van der Waals surface area contributed by atoms with Crippen LogP contribution in [0.2, 0.25) is 0 Å². The third-order valence-electron chi connectivity index (χ3n) is 12.8. The molecule has 0 radical (unpaired) electrons. The van der Waals surface area contributed by atoms with Gasteiger partial charge in [-0.1, -0.05) is 45.4 Å². The van der Waals surface area contributed by atoms with Gasteiger partial charge in [-0.15, -0.1) is 0 Å². The van der Waals surface area contributed by atoms with Crippen LogP contribution in [0.15, 0.2) is 76.2 Å². The normalized spacial score (nSPS) is 16.0. The molecule has 1 atom stereocenters. The van der Waals surface area contributed by atoms with Crippen LogP contribution in [0.3, 0.4) is 0 Å².